The van der Waals surface area contributed by atoms with Crippen molar-refractivity contribution >= 4 is 5.97 Å². The lowest BCUT2D eigenvalue weighted by molar-refractivity contribution is -0.136. The Morgan fingerprint density at radius 2 is 1.60 bits per heavy atom. The molecule has 0 saturated heterocycles. The van der Waals surface area contributed by atoms with Gasteiger partial charge in [-0.25, -0.2) is 4.79 Å². The van der Waals surface area contributed by atoms with Crippen LogP contribution in [0.25, 0.3) is 0 Å². The van der Waals surface area contributed by atoms with E-state index in [2.05, 4.69) is 18.6 Å². The van der Waals surface area contributed by atoms with E-state index in [9.17, 15) is 4.79 Å². The summed E-state index contributed by atoms with van der Waals surface area (Å²) >= 11 is 0. The number of ether oxygens (including phenoxy) is 1. The molecule has 0 heterocycles. The van der Waals surface area contributed by atoms with Crippen molar-refractivity contribution in [2.45, 2.75) is 52.4 Å². The first-order chi connectivity index (χ1) is 7.17. The van der Waals surface area contributed by atoms with E-state index in [1.54, 1.807) is 0 Å². The minimum atomic E-state index is -0.391. The number of methoxy groups -OCH3 is 1. The topological polar surface area (TPSA) is 52.3 Å². The van der Waals surface area contributed by atoms with Crippen molar-refractivity contribution in [3.8, 4) is 0 Å². The monoisotopic (exact) mass is 213 g/mol. The predicted molar refractivity (Wildman–Crippen MR) is 62.3 cm³/mol. The molecule has 0 aliphatic carbocycles. The van der Waals surface area contributed by atoms with Crippen LogP contribution in [0.4, 0.5) is 0 Å². The lowest BCUT2D eigenvalue weighted by atomic mass is 10.0. The smallest absolute Gasteiger partial charge is 0.353 e. The normalized spacial score (nSPS) is 9.80. The number of allylic oxidation sites excluding steroid dienone is 1. The molecule has 0 spiro atoms. The number of carbonyl (C=O) groups is 1. The molecule has 0 aliphatic heterocycles. The Morgan fingerprint density at radius 3 is 1.93 bits per heavy atom. The lowest BCUT2D eigenvalue weighted by Gasteiger charge is -2.09. The average molecular weight is 213 g/mol. The molecule has 3 heteroatoms. The van der Waals surface area contributed by atoms with E-state index in [0.717, 1.165) is 44.1 Å². The first-order valence-corrected chi connectivity index (χ1v) is 5.73. The third-order valence-corrected chi connectivity index (χ3v) is 2.45. The number of hydrogen-bond acceptors (Lipinski definition) is 3. The Bertz CT molecular complexity index is 212. The fourth-order valence-corrected chi connectivity index (χ4v) is 1.43. The summed E-state index contributed by atoms with van der Waals surface area (Å²) in [7, 11) is 1.37. The van der Waals surface area contributed by atoms with Gasteiger partial charge in [0.1, 0.15) is 5.70 Å². The number of esters is 1. The number of carbonyl (C=O) groups excluding carboxylic acids is 1. The molecule has 0 aromatic heterocycles. The van der Waals surface area contributed by atoms with Gasteiger partial charge in [-0.1, -0.05) is 26.7 Å². The van der Waals surface area contributed by atoms with Crippen molar-refractivity contribution in [1.82, 2.24) is 0 Å². The molecule has 2 N–H and O–H groups in total. The molecule has 0 saturated carbocycles. The molecule has 88 valence electrons. The van der Waals surface area contributed by atoms with E-state index in [4.69, 9.17) is 5.73 Å². The largest absolute Gasteiger partial charge is 0.464 e. The molecular weight excluding hydrogens is 190 g/mol. The highest BCUT2D eigenvalue weighted by Gasteiger charge is 2.11. The summed E-state index contributed by atoms with van der Waals surface area (Å²) in [5, 5.41) is 0. The quantitative estimate of drug-likeness (QED) is 0.522. The average Bonchev–Trinajstić information content (AvgIpc) is 2.27. The molecule has 0 aliphatic rings. The van der Waals surface area contributed by atoms with Crippen LogP contribution >= 0.6 is 0 Å². The molecule has 0 fully saturated rings. The zero-order valence-corrected chi connectivity index (χ0v) is 10.1. The second-order valence-corrected chi connectivity index (χ2v) is 3.72. The van der Waals surface area contributed by atoms with Crippen LogP contribution in [0.15, 0.2) is 11.3 Å². The van der Waals surface area contributed by atoms with Crippen molar-refractivity contribution in [3.05, 3.63) is 11.3 Å². The van der Waals surface area contributed by atoms with Crippen molar-refractivity contribution in [2.24, 2.45) is 5.73 Å². The van der Waals surface area contributed by atoms with Gasteiger partial charge in [0.05, 0.1) is 7.11 Å². The van der Waals surface area contributed by atoms with Gasteiger partial charge in [-0.15, -0.1) is 0 Å². The SMILES string of the molecule is CCCCC(CCCC)=C(N)C(=O)OC. The molecule has 0 unspecified atom stereocenters. The van der Waals surface area contributed by atoms with Crippen molar-refractivity contribution in [2.75, 3.05) is 7.11 Å². The zero-order chi connectivity index (χ0) is 11.7. The minimum Gasteiger partial charge on any atom is -0.464 e. The Balaban J connectivity index is 4.48. The van der Waals surface area contributed by atoms with Crippen LogP contribution in [0.2, 0.25) is 0 Å². The molecule has 0 aromatic rings. The van der Waals surface area contributed by atoms with Crippen LogP contribution in [0.5, 0.6) is 0 Å². The Kier molecular flexibility index (Phi) is 7.78. The van der Waals surface area contributed by atoms with E-state index in [-0.39, 0.29) is 0 Å². The van der Waals surface area contributed by atoms with Gasteiger partial charge in [0, 0.05) is 0 Å². The fraction of sp³-hybridized carbons (Fsp3) is 0.750. The molecule has 0 atom stereocenters. The maximum Gasteiger partial charge on any atom is 0.353 e. The van der Waals surface area contributed by atoms with Gasteiger partial charge in [0.25, 0.3) is 0 Å². The van der Waals surface area contributed by atoms with E-state index < -0.39 is 5.97 Å². The molecule has 3 nitrogen and oxygen atoms in total. The third-order valence-electron chi connectivity index (χ3n) is 2.45. The standard InChI is InChI=1S/C12H23NO2/c1-4-6-8-10(9-7-5-2)11(13)12(14)15-3/h4-9,13H2,1-3H3. The van der Waals surface area contributed by atoms with Crippen LogP contribution in [-0.2, 0) is 9.53 Å². The summed E-state index contributed by atoms with van der Waals surface area (Å²) < 4.78 is 4.63. The van der Waals surface area contributed by atoms with E-state index in [1.807, 2.05) is 0 Å². The van der Waals surface area contributed by atoms with Gasteiger partial charge in [0.2, 0.25) is 0 Å². The van der Waals surface area contributed by atoms with E-state index >= 15 is 0 Å². The third kappa shape index (κ3) is 5.45. The number of unbranched alkanes of at least 4 members (excludes halogenated alkanes) is 2. The number of nitrogens with two attached hydrogens (primary N) is 1. The van der Waals surface area contributed by atoms with Gasteiger partial charge in [-0.2, -0.15) is 0 Å². The zero-order valence-electron chi connectivity index (χ0n) is 10.1. The van der Waals surface area contributed by atoms with Crippen molar-refractivity contribution < 1.29 is 9.53 Å². The lowest BCUT2D eigenvalue weighted by Crippen LogP contribution is -2.16. The first-order valence-electron chi connectivity index (χ1n) is 5.73. The van der Waals surface area contributed by atoms with Gasteiger partial charge in [-0.3, -0.25) is 0 Å². The molecule has 0 aromatic carbocycles. The highest BCUT2D eigenvalue weighted by atomic mass is 16.5. The summed E-state index contributed by atoms with van der Waals surface area (Å²) in [6.45, 7) is 4.26. The van der Waals surface area contributed by atoms with E-state index in [1.165, 1.54) is 7.11 Å². The predicted octanol–water partition coefficient (Wildman–Crippen LogP) is 2.75. The number of hydrogen-bond donors (Lipinski definition) is 1. The maximum absolute atomic E-state index is 11.3. The second kappa shape index (κ2) is 8.33. The van der Waals surface area contributed by atoms with Crippen LogP contribution in [0.3, 0.4) is 0 Å². The van der Waals surface area contributed by atoms with Gasteiger partial charge in [-0.05, 0) is 31.3 Å². The fourth-order valence-electron chi connectivity index (χ4n) is 1.43. The second-order valence-electron chi connectivity index (χ2n) is 3.72. The van der Waals surface area contributed by atoms with Crippen molar-refractivity contribution in [3.63, 3.8) is 0 Å². The Hall–Kier alpha value is -0.990. The number of rotatable bonds is 7. The molecule has 0 radical (unpaired) electrons. The van der Waals surface area contributed by atoms with Gasteiger partial charge in [0.15, 0.2) is 0 Å². The van der Waals surface area contributed by atoms with E-state index in [0.29, 0.717) is 5.70 Å². The highest BCUT2D eigenvalue weighted by molar-refractivity contribution is 5.88. The minimum absolute atomic E-state index is 0.319. The summed E-state index contributed by atoms with van der Waals surface area (Å²) in [5.74, 6) is -0.391. The van der Waals surface area contributed by atoms with Crippen LogP contribution in [0.1, 0.15) is 52.4 Å². The molecule has 0 bridgehead atoms. The Morgan fingerprint density at radius 1 is 1.13 bits per heavy atom. The van der Waals surface area contributed by atoms with Crippen molar-refractivity contribution in [1.29, 1.82) is 0 Å². The molecule has 0 rings (SSSR count). The Labute approximate surface area is 92.7 Å². The highest BCUT2D eigenvalue weighted by Crippen LogP contribution is 2.17. The van der Waals surface area contributed by atoms with Crippen LogP contribution in [0, 0.1) is 0 Å². The molecular formula is C12H23NO2. The first kappa shape index (κ1) is 14.0. The van der Waals surface area contributed by atoms with Crippen LogP contribution in [-0.4, -0.2) is 13.1 Å². The maximum atomic E-state index is 11.3. The molecule has 15 heavy (non-hydrogen) atoms. The summed E-state index contributed by atoms with van der Waals surface area (Å²) in [4.78, 5) is 11.3. The van der Waals surface area contributed by atoms with Gasteiger partial charge < -0.3 is 10.5 Å². The van der Waals surface area contributed by atoms with Crippen LogP contribution < -0.4 is 5.73 Å². The summed E-state index contributed by atoms with van der Waals surface area (Å²) in [6, 6.07) is 0. The summed E-state index contributed by atoms with van der Waals surface area (Å²) in [5.41, 5.74) is 7.14. The summed E-state index contributed by atoms with van der Waals surface area (Å²) in [6.07, 6.45) is 6.22. The van der Waals surface area contributed by atoms with Gasteiger partial charge >= 0.3 is 5.97 Å². The molecule has 0 amide bonds.